The van der Waals surface area contributed by atoms with Crippen LogP contribution in [0.15, 0.2) is 0 Å². The van der Waals surface area contributed by atoms with Gasteiger partial charge in [-0.05, 0) is 0 Å². The Morgan fingerprint density at radius 1 is 1.25 bits per heavy atom. The van der Waals surface area contributed by atoms with Gasteiger partial charge in [0, 0.05) is 47.5 Å². The molecular formula is AsNaOS. The standard InChI is InChI=1S/As.Na.OS/c;;1-2. The van der Waals surface area contributed by atoms with Crippen LogP contribution in [0, 0.1) is 0 Å². The topological polar surface area (TPSA) is 17.1 Å². The zero-order chi connectivity index (χ0) is 2.00. The quantitative estimate of drug-likeness (QED) is 0.403. The smallest absolute Gasteiger partial charge is 0.197 e. The van der Waals surface area contributed by atoms with E-state index in [1.165, 1.54) is 0 Å². The SMILES string of the molecule is O=S.[As].[Na]. The van der Waals surface area contributed by atoms with E-state index in [2.05, 4.69) is 12.5 Å². The second kappa shape index (κ2) is 23.5. The summed E-state index contributed by atoms with van der Waals surface area (Å²) in [6, 6.07) is 0. The van der Waals surface area contributed by atoms with E-state index < -0.39 is 0 Å². The van der Waals surface area contributed by atoms with Crippen LogP contribution in [0.3, 0.4) is 0 Å². The van der Waals surface area contributed by atoms with Crippen LogP contribution in [0.5, 0.6) is 0 Å². The van der Waals surface area contributed by atoms with Crippen LogP contribution in [-0.4, -0.2) is 51.7 Å². The monoisotopic (exact) mass is 146 g/mol. The molecule has 0 saturated carbocycles. The second-order valence-corrected chi connectivity index (χ2v) is 0. The zero-order valence-electron chi connectivity index (χ0n) is 2.26. The van der Waals surface area contributed by atoms with Gasteiger partial charge in [0.1, 0.15) is 0 Å². The van der Waals surface area contributed by atoms with Crippen molar-refractivity contribution in [2.75, 3.05) is 0 Å². The van der Waals surface area contributed by atoms with Gasteiger partial charge < -0.3 is 0 Å². The number of hydrogen-bond acceptors (Lipinski definition) is 2. The molecule has 0 atom stereocenters. The van der Waals surface area contributed by atoms with Gasteiger partial charge in [-0.3, -0.25) is 0 Å². The van der Waals surface area contributed by atoms with Crippen LogP contribution in [0.4, 0.5) is 0 Å². The molecule has 0 aromatic rings. The van der Waals surface area contributed by atoms with Crippen LogP contribution < -0.4 is 0 Å². The first-order chi connectivity index (χ1) is 1.00. The van der Waals surface area contributed by atoms with Gasteiger partial charge in [-0.15, -0.1) is 0 Å². The van der Waals surface area contributed by atoms with Crippen molar-refractivity contribution in [3.63, 3.8) is 0 Å². The third-order valence-electron chi connectivity index (χ3n) is 0. The van der Waals surface area contributed by atoms with E-state index in [0.717, 1.165) is 0 Å². The first-order valence-corrected chi connectivity index (χ1v) is 0.500. The summed E-state index contributed by atoms with van der Waals surface area (Å²) in [5, 5.41) is 0. The number of hydrogen-bond donors (Lipinski definition) is 0. The van der Waals surface area contributed by atoms with E-state index in [9.17, 15) is 0 Å². The summed E-state index contributed by atoms with van der Waals surface area (Å²) in [7, 11) is 0. The van der Waals surface area contributed by atoms with Crippen molar-refractivity contribution in [3.8, 4) is 0 Å². The third kappa shape index (κ3) is 9.55. The fourth-order valence-corrected chi connectivity index (χ4v) is 0. The molecule has 1 nitrogen and oxygen atoms in total. The summed E-state index contributed by atoms with van der Waals surface area (Å²) in [5.74, 6) is 0. The van der Waals surface area contributed by atoms with Gasteiger partial charge in [0.25, 0.3) is 0 Å². The fourth-order valence-electron chi connectivity index (χ4n) is 0. The molecule has 0 unspecified atom stereocenters. The fraction of sp³-hybridized carbons (Fsp3) is 0. The molecule has 0 rings (SSSR count). The summed E-state index contributed by atoms with van der Waals surface area (Å²) < 4.78 is 7.83. The van der Waals surface area contributed by atoms with Gasteiger partial charge in [0.05, 0.1) is 0 Å². The minimum atomic E-state index is 0. The van der Waals surface area contributed by atoms with E-state index in [4.69, 9.17) is 4.21 Å². The average Bonchev–Trinajstić information content (AvgIpc) is 1.00. The summed E-state index contributed by atoms with van der Waals surface area (Å²) in [6.07, 6.45) is 0. The molecule has 0 aromatic carbocycles. The van der Waals surface area contributed by atoms with Crippen LogP contribution >= 0.6 is 0 Å². The van der Waals surface area contributed by atoms with E-state index in [1.807, 2.05) is 0 Å². The van der Waals surface area contributed by atoms with E-state index in [0.29, 0.717) is 0 Å². The Labute approximate surface area is 63.7 Å². The molecule has 0 spiro atoms. The maximum absolute atomic E-state index is 7.83. The summed E-state index contributed by atoms with van der Waals surface area (Å²) in [4.78, 5) is 0. The molecule has 0 aliphatic carbocycles. The molecule has 0 bridgehead atoms. The maximum Gasteiger partial charge on any atom is 0.197 e. The Morgan fingerprint density at radius 3 is 1.25 bits per heavy atom. The number of rotatable bonds is 0. The molecular weight excluding hydrogens is 146 g/mol. The third-order valence-corrected chi connectivity index (χ3v) is 0. The van der Waals surface area contributed by atoms with Crippen molar-refractivity contribution in [1.29, 1.82) is 0 Å². The predicted octanol–water partition coefficient (Wildman–Crippen LogP) is -1.10. The van der Waals surface area contributed by atoms with Gasteiger partial charge in [0.2, 0.25) is 0 Å². The average molecular weight is 146 g/mol. The van der Waals surface area contributed by atoms with Crippen LogP contribution in [0.25, 0.3) is 0 Å². The van der Waals surface area contributed by atoms with E-state index in [1.54, 1.807) is 0 Å². The molecule has 18 valence electrons. The van der Waals surface area contributed by atoms with Crippen molar-refractivity contribution in [1.82, 2.24) is 0 Å². The Hall–Kier alpha value is 1.58. The minimum absolute atomic E-state index is 0. The molecule has 0 heterocycles. The van der Waals surface area contributed by atoms with Crippen molar-refractivity contribution < 1.29 is 4.21 Å². The summed E-state index contributed by atoms with van der Waals surface area (Å²) >= 11 is 2.83. The summed E-state index contributed by atoms with van der Waals surface area (Å²) in [6.45, 7) is 0. The van der Waals surface area contributed by atoms with Gasteiger partial charge in [-0.2, -0.15) is 4.21 Å². The Morgan fingerprint density at radius 2 is 1.25 bits per heavy atom. The van der Waals surface area contributed by atoms with Crippen LogP contribution in [-0.2, 0) is 12.5 Å². The molecule has 0 aliphatic rings. The Bertz CT molecular complexity index is 8.00. The Balaban J connectivity index is -0.00000000500. The van der Waals surface area contributed by atoms with Crippen molar-refractivity contribution in [3.05, 3.63) is 0 Å². The van der Waals surface area contributed by atoms with Crippen LogP contribution in [0.2, 0.25) is 0 Å². The molecule has 0 N–H and O–H groups in total. The van der Waals surface area contributed by atoms with Crippen molar-refractivity contribution in [2.45, 2.75) is 0 Å². The molecule has 4 radical (unpaired) electrons. The molecule has 0 amide bonds. The zero-order valence-corrected chi connectivity index (χ0v) is 6.96. The van der Waals surface area contributed by atoms with Gasteiger partial charge in [-0.1, -0.05) is 0 Å². The van der Waals surface area contributed by atoms with Gasteiger partial charge in [-0.25, -0.2) is 0 Å². The van der Waals surface area contributed by atoms with Crippen LogP contribution in [0.1, 0.15) is 0 Å². The Kier molecular flexibility index (Phi) is 103. The first-order valence-electron chi connectivity index (χ1n) is 0.167. The largest absolute Gasteiger partial charge is 0.197 e. The molecule has 4 heteroatoms. The maximum atomic E-state index is 7.83. The molecule has 0 saturated heterocycles. The predicted molar refractivity (Wildman–Crippen MR) is 19.7 cm³/mol. The van der Waals surface area contributed by atoms with Crippen molar-refractivity contribution >= 4 is 60.0 Å². The first kappa shape index (κ1) is 17.6. The van der Waals surface area contributed by atoms with Gasteiger partial charge in [0.15, 0.2) is 12.5 Å². The van der Waals surface area contributed by atoms with E-state index >= 15 is 0 Å². The van der Waals surface area contributed by atoms with Gasteiger partial charge >= 0.3 is 0 Å². The molecule has 0 aromatic heterocycles. The van der Waals surface area contributed by atoms with E-state index in [-0.39, 0.29) is 47.5 Å². The molecule has 0 aliphatic heterocycles. The normalized spacial score (nSPS) is 1.00. The summed E-state index contributed by atoms with van der Waals surface area (Å²) in [5.41, 5.74) is 0. The molecule has 0 fully saturated rings. The minimum Gasteiger partial charge on any atom is -0.197 e. The second-order valence-electron chi connectivity index (χ2n) is 0. The molecule has 4 heavy (non-hydrogen) atoms. The van der Waals surface area contributed by atoms with Crippen molar-refractivity contribution in [2.24, 2.45) is 0 Å².